The SMILES string of the molecule is CC(=O)N1CCCC1c1cncc(Nc2nc(C)cc(C)n2)n1. The Kier molecular flexibility index (Phi) is 4.18. The zero-order chi connectivity index (χ0) is 16.4. The zero-order valence-corrected chi connectivity index (χ0v) is 13.6. The Morgan fingerprint density at radius 2 is 1.96 bits per heavy atom. The lowest BCUT2D eigenvalue weighted by atomic mass is 10.1. The van der Waals surface area contributed by atoms with Gasteiger partial charge in [-0.05, 0) is 32.8 Å². The first-order chi connectivity index (χ1) is 11.0. The van der Waals surface area contributed by atoms with Crippen LogP contribution in [-0.2, 0) is 4.79 Å². The van der Waals surface area contributed by atoms with Crippen molar-refractivity contribution in [2.75, 3.05) is 11.9 Å². The Balaban J connectivity index is 1.84. The number of carbonyl (C=O) groups excluding carboxylic acids is 1. The zero-order valence-electron chi connectivity index (χ0n) is 13.6. The summed E-state index contributed by atoms with van der Waals surface area (Å²) in [5.41, 5.74) is 2.58. The van der Waals surface area contributed by atoms with Crippen LogP contribution >= 0.6 is 0 Å². The molecule has 0 radical (unpaired) electrons. The van der Waals surface area contributed by atoms with Crippen molar-refractivity contribution < 1.29 is 4.79 Å². The molecule has 0 aliphatic carbocycles. The summed E-state index contributed by atoms with van der Waals surface area (Å²) in [6, 6.07) is 1.92. The number of likely N-dealkylation sites (tertiary alicyclic amines) is 1. The lowest BCUT2D eigenvalue weighted by Gasteiger charge is -2.22. The molecule has 1 amide bonds. The van der Waals surface area contributed by atoms with Gasteiger partial charge in [0, 0.05) is 24.9 Å². The van der Waals surface area contributed by atoms with E-state index < -0.39 is 0 Å². The van der Waals surface area contributed by atoms with Crippen LogP contribution in [-0.4, -0.2) is 37.3 Å². The standard InChI is InChI=1S/C16H20N6O/c1-10-7-11(2)19-16(18-10)21-15-9-17-8-13(20-15)14-5-4-6-22(14)12(3)23/h7-9,14H,4-6H2,1-3H3,(H,18,19,20,21). The maximum absolute atomic E-state index is 11.7. The number of hydrogen-bond donors (Lipinski definition) is 1. The van der Waals surface area contributed by atoms with Crippen molar-refractivity contribution in [3.63, 3.8) is 0 Å². The Morgan fingerprint density at radius 3 is 2.65 bits per heavy atom. The Morgan fingerprint density at radius 1 is 1.22 bits per heavy atom. The van der Waals surface area contributed by atoms with Gasteiger partial charge in [-0.1, -0.05) is 0 Å². The Bertz CT molecular complexity index is 712. The second-order valence-electron chi connectivity index (χ2n) is 5.80. The van der Waals surface area contributed by atoms with E-state index in [0.717, 1.165) is 36.5 Å². The highest BCUT2D eigenvalue weighted by Gasteiger charge is 2.29. The van der Waals surface area contributed by atoms with E-state index in [2.05, 4.69) is 25.3 Å². The topological polar surface area (TPSA) is 83.9 Å². The van der Waals surface area contributed by atoms with Crippen molar-refractivity contribution in [1.82, 2.24) is 24.8 Å². The summed E-state index contributed by atoms with van der Waals surface area (Å²) in [6.07, 6.45) is 5.26. The third-order valence-electron chi connectivity index (χ3n) is 3.87. The van der Waals surface area contributed by atoms with E-state index in [4.69, 9.17) is 0 Å². The predicted octanol–water partition coefficient (Wildman–Crippen LogP) is 2.31. The fourth-order valence-electron chi connectivity index (χ4n) is 2.95. The highest BCUT2D eigenvalue weighted by molar-refractivity contribution is 5.74. The molecule has 1 aliphatic heterocycles. The second kappa shape index (κ2) is 6.28. The van der Waals surface area contributed by atoms with Gasteiger partial charge in [-0.3, -0.25) is 9.78 Å². The molecule has 7 nitrogen and oxygen atoms in total. The smallest absolute Gasteiger partial charge is 0.228 e. The molecule has 0 aromatic carbocycles. The number of nitrogens with zero attached hydrogens (tertiary/aromatic N) is 5. The summed E-state index contributed by atoms with van der Waals surface area (Å²) in [5, 5.41) is 3.09. The third-order valence-corrected chi connectivity index (χ3v) is 3.87. The van der Waals surface area contributed by atoms with E-state index in [0.29, 0.717) is 11.8 Å². The average molecular weight is 312 g/mol. The number of aryl methyl sites for hydroxylation is 2. The molecule has 1 atom stereocenters. The molecule has 23 heavy (non-hydrogen) atoms. The molecule has 3 heterocycles. The van der Waals surface area contributed by atoms with Crippen LogP contribution in [0.4, 0.5) is 11.8 Å². The van der Waals surface area contributed by atoms with Gasteiger partial charge < -0.3 is 10.2 Å². The van der Waals surface area contributed by atoms with E-state index in [-0.39, 0.29) is 11.9 Å². The molecule has 0 spiro atoms. The minimum atomic E-state index is 0.00177. The highest BCUT2D eigenvalue weighted by atomic mass is 16.2. The van der Waals surface area contributed by atoms with E-state index in [1.807, 2.05) is 24.8 Å². The van der Waals surface area contributed by atoms with E-state index in [1.165, 1.54) is 0 Å². The van der Waals surface area contributed by atoms with Gasteiger partial charge >= 0.3 is 0 Å². The number of amides is 1. The van der Waals surface area contributed by atoms with Crippen molar-refractivity contribution >= 4 is 17.7 Å². The monoisotopic (exact) mass is 312 g/mol. The van der Waals surface area contributed by atoms with Crippen LogP contribution in [0.25, 0.3) is 0 Å². The predicted molar refractivity (Wildman–Crippen MR) is 86.2 cm³/mol. The van der Waals surface area contributed by atoms with Gasteiger partial charge in [0.05, 0.1) is 24.1 Å². The molecule has 1 unspecified atom stereocenters. The number of rotatable bonds is 3. The first-order valence-electron chi connectivity index (χ1n) is 7.71. The molecule has 0 saturated carbocycles. The quantitative estimate of drug-likeness (QED) is 0.936. The molecule has 3 rings (SSSR count). The van der Waals surface area contributed by atoms with Crippen molar-refractivity contribution in [3.8, 4) is 0 Å². The van der Waals surface area contributed by atoms with Gasteiger partial charge in [-0.25, -0.2) is 15.0 Å². The van der Waals surface area contributed by atoms with Gasteiger partial charge in [-0.15, -0.1) is 0 Å². The molecule has 1 fully saturated rings. The van der Waals surface area contributed by atoms with Gasteiger partial charge in [0.15, 0.2) is 5.82 Å². The minimum Gasteiger partial charge on any atom is -0.334 e. The van der Waals surface area contributed by atoms with Crippen LogP contribution in [0.5, 0.6) is 0 Å². The molecule has 1 saturated heterocycles. The van der Waals surface area contributed by atoms with Crippen LogP contribution in [0.15, 0.2) is 18.5 Å². The lowest BCUT2D eigenvalue weighted by Crippen LogP contribution is -2.28. The highest BCUT2D eigenvalue weighted by Crippen LogP contribution is 2.30. The summed E-state index contributed by atoms with van der Waals surface area (Å²) >= 11 is 0. The molecule has 1 N–H and O–H groups in total. The molecular formula is C16H20N6O. The average Bonchev–Trinajstić information content (AvgIpc) is 2.96. The number of hydrogen-bond acceptors (Lipinski definition) is 6. The number of anilines is 2. The molecule has 2 aromatic heterocycles. The lowest BCUT2D eigenvalue weighted by molar-refractivity contribution is -0.129. The van der Waals surface area contributed by atoms with Crippen LogP contribution in [0.3, 0.4) is 0 Å². The number of aromatic nitrogens is 4. The normalized spacial score (nSPS) is 17.3. The summed E-state index contributed by atoms with van der Waals surface area (Å²) in [5.74, 6) is 1.16. The second-order valence-corrected chi connectivity index (χ2v) is 5.80. The summed E-state index contributed by atoms with van der Waals surface area (Å²) in [7, 11) is 0. The van der Waals surface area contributed by atoms with E-state index in [9.17, 15) is 4.79 Å². The first kappa shape index (κ1) is 15.3. The summed E-state index contributed by atoms with van der Waals surface area (Å²) < 4.78 is 0. The van der Waals surface area contributed by atoms with Crippen molar-refractivity contribution in [1.29, 1.82) is 0 Å². The largest absolute Gasteiger partial charge is 0.334 e. The van der Waals surface area contributed by atoms with Gasteiger partial charge in [0.1, 0.15) is 0 Å². The fourth-order valence-corrected chi connectivity index (χ4v) is 2.95. The van der Waals surface area contributed by atoms with Crippen molar-refractivity contribution in [3.05, 3.63) is 35.5 Å². The first-order valence-corrected chi connectivity index (χ1v) is 7.71. The molecule has 2 aromatic rings. The minimum absolute atomic E-state index is 0.00177. The van der Waals surface area contributed by atoms with Gasteiger partial charge in [0.2, 0.25) is 11.9 Å². The van der Waals surface area contributed by atoms with Crippen LogP contribution in [0, 0.1) is 13.8 Å². The molecule has 7 heteroatoms. The number of carbonyl (C=O) groups is 1. The summed E-state index contributed by atoms with van der Waals surface area (Å²) in [4.78, 5) is 31.1. The molecule has 1 aliphatic rings. The van der Waals surface area contributed by atoms with Gasteiger partial charge in [-0.2, -0.15) is 0 Å². The van der Waals surface area contributed by atoms with Crippen molar-refractivity contribution in [2.24, 2.45) is 0 Å². The fraction of sp³-hybridized carbons (Fsp3) is 0.438. The molecule has 0 bridgehead atoms. The van der Waals surface area contributed by atoms with Crippen LogP contribution < -0.4 is 5.32 Å². The Hall–Kier alpha value is -2.57. The van der Waals surface area contributed by atoms with E-state index >= 15 is 0 Å². The molecule has 120 valence electrons. The maximum atomic E-state index is 11.7. The van der Waals surface area contributed by atoms with Gasteiger partial charge in [0.25, 0.3) is 0 Å². The third kappa shape index (κ3) is 3.44. The van der Waals surface area contributed by atoms with Crippen molar-refractivity contribution in [2.45, 2.75) is 39.7 Å². The number of nitrogens with one attached hydrogen (secondary N) is 1. The van der Waals surface area contributed by atoms with E-state index in [1.54, 1.807) is 19.3 Å². The van der Waals surface area contributed by atoms with Crippen LogP contribution in [0.2, 0.25) is 0 Å². The molecular weight excluding hydrogens is 292 g/mol. The maximum Gasteiger partial charge on any atom is 0.228 e. The summed E-state index contributed by atoms with van der Waals surface area (Å²) in [6.45, 7) is 6.22. The van der Waals surface area contributed by atoms with Crippen LogP contribution in [0.1, 0.15) is 42.9 Å². The Labute approximate surface area is 135 Å².